The number of aromatic nitrogens is 4. The smallest absolute Gasteiger partial charge is 0.265 e. The van der Waals surface area contributed by atoms with Gasteiger partial charge in [0.15, 0.2) is 0 Å². The molecule has 0 radical (unpaired) electrons. The summed E-state index contributed by atoms with van der Waals surface area (Å²) in [5.74, 6) is 1.18. The van der Waals surface area contributed by atoms with E-state index in [1.165, 1.54) is 0 Å². The molecule has 19 heavy (non-hydrogen) atoms. The minimum Gasteiger partial charge on any atom is -0.436 e. The number of rotatable bonds is 2. The average molecular weight is 319 g/mol. The zero-order valence-corrected chi connectivity index (χ0v) is 12.0. The summed E-state index contributed by atoms with van der Waals surface area (Å²) in [4.78, 5) is 4.20. The monoisotopic (exact) mass is 318 g/mol. The Bertz CT molecular complexity index is 730. The van der Waals surface area contributed by atoms with Gasteiger partial charge in [0.25, 0.3) is 5.88 Å². The van der Waals surface area contributed by atoms with Crippen LogP contribution >= 0.6 is 15.9 Å². The van der Waals surface area contributed by atoms with E-state index in [2.05, 4.69) is 31.1 Å². The van der Waals surface area contributed by atoms with Crippen LogP contribution in [-0.2, 0) is 0 Å². The van der Waals surface area contributed by atoms with Crippen molar-refractivity contribution in [1.82, 2.24) is 19.6 Å². The molecule has 3 rings (SSSR count). The molecule has 0 amide bonds. The van der Waals surface area contributed by atoms with Crippen LogP contribution in [0.25, 0.3) is 5.65 Å². The highest BCUT2D eigenvalue weighted by atomic mass is 79.9. The fraction of sp³-hybridized carbons (Fsp3) is 0.154. The number of halogens is 1. The van der Waals surface area contributed by atoms with Crippen molar-refractivity contribution >= 4 is 21.6 Å². The number of fused-ring (bicyclic) bond motifs is 1. The third-order valence-electron chi connectivity index (χ3n) is 2.81. The van der Waals surface area contributed by atoms with Crippen LogP contribution in [0, 0.1) is 13.8 Å². The SMILES string of the molecule is Cc1cc(Oc2nccn3cnnc23)cc(C)c1Br. The van der Waals surface area contributed by atoms with Crippen LogP contribution < -0.4 is 4.74 Å². The molecule has 0 N–H and O–H groups in total. The van der Waals surface area contributed by atoms with E-state index in [0.717, 1.165) is 21.3 Å². The Kier molecular flexibility index (Phi) is 2.94. The Labute approximate surface area is 118 Å². The topological polar surface area (TPSA) is 52.3 Å². The normalized spacial score (nSPS) is 10.9. The van der Waals surface area contributed by atoms with Crippen LogP contribution in [0.2, 0.25) is 0 Å². The molecule has 0 spiro atoms. The van der Waals surface area contributed by atoms with Gasteiger partial charge in [-0.1, -0.05) is 15.9 Å². The van der Waals surface area contributed by atoms with E-state index in [-0.39, 0.29) is 0 Å². The summed E-state index contributed by atoms with van der Waals surface area (Å²) < 4.78 is 8.67. The molecule has 0 bridgehead atoms. The van der Waals surface area contributed by atoms with Crippen molar-refractivity contribution in [3.05, 3.63) is 46.5 Å². The van der Waals surface area contributed by atoms with Gasteiger partial charge in [-0.05, 0) is 37.1 Å². The maximum absolute atomic E-state index is 5.81. The molecular weight excluding hydrogens is 308 g/mol. The van der Waals surface area contributed by atoms with Gasteiger partial charge in [0.1, 0.15) is 12.1 Å². The first-order valence-corrected chi connectivity index (χ1v) is 6.53. The molecule has 2 aromatic heterocycles. The predicted molar refractivity (Wildman–Crippen MR) is 74.5 cm³/mol. The molecule has 1 aromatic carbocycles. The number of benzene rings is 1. The summed E-state index contributed by atoms with van der Waals surface area (Å²) in [6, 6.07) is 3.91. The minimum absolute atomic E-state index is 0.445. The lowest BCUT2D eigenvalue weighted by Crippen LogP contribution is -1.94. The first kappa shape index (κ1) is 12.1. The second-order valence-electron chi connectivity index (χ2n) is 4.27. The third-order valence-corrected chi connectivity index (χ3v) is 4.06. The number of hydrogen-bond acceptors (Lipinski definition) is 4. The lowest BCUT2D eigenvalue weighted by molar-refractivity contribution is 0.464. The summed E-state index contributed by atoms with van der Waals surface area (Å²) in [7, 11) is 0. The zero-order chi connectivity index (χ0) is 13.4. The van der Waals surface area contributed by atoms with Crippen LogP contribution in [0.3, 0.4) is 0 Å². The van der Waals surface area contributed by atoms with E-state index in [9.17, 15) is 0 Å². The third kappa shape index (κ3) is 2.19. The van der Waals surface area contributed by atoms with E-state index >= 15 is 0 Å². The van der Waals surface area contributed by atoms with Crippen LogP contribution in [0.5, 0.6) is 11.6 Å². The maximum atomic E-state index is 5.81. The van der Waals surface area contributed by atoms with E-state index in [4.69, 9.17) is 4.74 Å². The maximum Gasteiger partial charge on any atom is 0.265 e. The lowest BCUT2D eigenvalue weighted by Gasteiger charge is -2.09. The molecule has 0 unspecified atom stereocenters. The molecule has 0 aliphatic carbocycles. The average Bonchev–Trinajstić information content (AvgIpc) is 2.85. The van der Waals surface area contributed by atoms with E-state index in [0.29, 0.717) is 11.5 Å². The summed E-state index contributed by atoms with van der Waals surface area (Å²) in [6.07, 6.45) is 5.05. The second kappa shape index (κ2) is 4.62. The molecule has 0 fully saturated rings. The molecule has 3 aromatic rings. The molecule has 5 nitrogen and oxygen atoms in total. The van der Waals surface area contributed by atoms with Crippen molar-refractivity contribution in [2.75, 3.05) is 0 Å². The fourth-order valence-electron chi connectivity index (χ4n) is 1.88. The number of aryl methyl sites for hydroxylation is 2. The van der Waals surface area contributed by atoms with Crippen molar-refractivity contribution in [2.45, 2.75) is 13.8 Å². The molecule has 0 aliphatic heterocycles. The Morgan fingerprint density at radius 3 is 2.68 bits per heavy atom. The summed E-state index contributed by atoms with van der Waals surface area (Å²) in [5, 5.41) is 7.83. The van der Waals surface area contributed by atoms with E-state index < -0.39 is 0 Å². The largest absolute Gasteiger partial charge is 0.436 e. The Hall–Kier alpha value is -1.95. The van der Waals surface area contributed by atoms with Gasteiger partial charge >= 0.3 is 0 Å². The van der Waals surface area contributed by atoms with Crippen LogP contribution in [0.1, 0.15) is 11.1 Å². The highest BCUT2D eigenvalue weighted by Gasteiger charge is 2.09. The highest BCUT2D eigenvalue weighted by molar-refractivity contribution is 9.10. The molecule has 2 heterocycles. The van der Waals surface area contributed by atoms with Gasteiger partial charge in [-0.15, -0.1) is 10.2 Å². The van der Waals surface area contributed by atoms with Gasteiger partial charge in [-0.25, -0.2) is 4.98 Å². The Balaban J connectivity index is 2.04. The lowest BCUT2D eigenvalue weighted by atomic mass is 10.1. The molecule has 96 valence electrons. The Morgan fingerprint density at radius 2 is 1.95 bits per heavy atom. The van der Waals surface area contributed by atoms with Gasteiger partial charge in [0.2, 0.25) is 5.65 Å². The molecule has 0 saturated heterocycles. The van der Waals surface area contributed by atoms with Crippen molar-refractivity contribution in [3.63, 3.8) is 0 Å². The van der Waals surface area contributed by atoms with E-state index in [1.807, 2.05) is 26.0 Å². The fourth-order valence-corrected chi connectivity index (χ4v) is 2.11. The molecule has 6 heteroatoms. The second-order valence-corrected chi connectivity index (χ2v) is 5.06. The predicted octanol–water partition coefficient (Wildman–Crippen LogP) is 3.30. The van der Waals surface area contributed by atoms with Crippen molar-refractivity contribution in [1.29, 1.82) is 0 Å². The standard InChI is InChI=1S/C13H11BrN4O/c1-8-5-10(6-9(2)11(8)14)19-13-12-17-16-7-18(12)4-3-15-13/h3-7H,1-2H3. The zero-order valence-electron chi connectivity index (χ0n) is 10.5. The molecule has 0 aliphatic rings. The van der Waals surface area contributed by atoms with Crippen LogP contribution in [0.15, 0.2) is 35.3 Å². The number of hydrogen-bond donors (Lipinski definition) is 0. The summed E-state index contributed by atoms with van der Waals surface area (Å²) in [5.41, 5.74) is 2.83. The van der Waals surface area contributed by atoms with Gasteiger partial charge in [0.05, 0.1) is 0 Å². The first-order valence-electron chi connectivity index (χ1n) is 5.74. The highest BCUT2D eigenvalue weighted by Crippen LogP contribution is 2.29. The van der Waals surface area contributed by atoms with Gasteiger partial charge in [-0.3, -0.25) is 4.40 Å². The van der Waals surface area contributed by atoms with Gasteiger partial charge in [0, 0.05) is 16.9 Å². The number of nitrogens with zero attached hydrogens (tertiary/aromatic N) is 4. The first-order chi connectivity index (χ1) is 9.15. The summed E-state index contributed by atoms with van der Waals surface area (Å²) in [6.45, 7) is 4.05. The van der Waals surface area contributed by atoms with Gasteiger partial charge in [-0.2, -0.15) is 0 Å². The molecule has 0 saturated carbocycles. The molecular formula is C13H11BrN4O. The van der Waals surface area contributed by atoms with Crippen molar-refractivity contribution in [2.24, 2.45) is 0 Å². The van der Waals surface area contributed by atoms with Crippen molar-refractivity contribution < 1.29 is 4.74 Å². The van der Waals surface area contributed by atoms with Crippen LogP contribution in [-0.4, -0.2) is 19.6 Å². The van der Waals surface area contributed by atoms with Crippen LogP contribution in [0.4, 0.5) is 0 Å². The van der Waals surface area contributed by atoms with E-state index in [1.54, 1.807) is 23.1 Å². The summed E-state index contributed by atoms with van der Waals surface area (Å²) >= 11 is 3.53. The quantitative estimate of drug-likeness (QED) is 0.727. The Morgan fingerprint density at radius 1 is 1.21 bits per heavy atom. The minimum atomic E-state index is 0.445. The number of ether oxygens (including phenoxy) is 1. The van der Waals surface area contributed by atoms with Crippen molar-refractivity contribution in [3.8, 4) is 11.6 Å². The van der Waals surface area contributed by atoms with Gasteiger partial charge < -0.3 is 4.74 Å². The molecule has 0 atom stereocenters.